The summed E-state index contributed by atoms with van der Waals surface area (Å²) in [6.07, 6.45) is 0. The molecule has 0 radical (unpaired) electrons. The quantitative estimate of drug-likeness (QED) is 0.792. The highest BCUT2D eigenvalue weighted by atomic mass is 127. The van der Waals surface area contributed by atoms with E-state index < -0.39 is 0 Å². The van der Waals surface area contributed by atoms with Crippen molar-refractivity contribution in [1.29, 1.82) is 0 Å². The molecule has 0 bridgehead atoms. The first-order chi connectivity index (χ1) is 8.09. The van der Waals surface area contributed by atoms with Crippen LogP contribution in [0.1, 0.15) is 24.2 Å². The average molecular weight is 344 g/mol. The predicted molar refractivity (Wildman–Crippen MR) is 77.1 cm³/mol. The zero-order valence-electron chi connectivity index (χ0n) is 10.1. The second kappa shape index (κ2) is 5.35. The van der Waals surface area contributed by atoms with Gasteiger partial charge in [0.1, 0.15) is 0 Å². The molecule has 92 valence electrons. The van der Waals surface area contributed by atoms with Gasteiger partial charge in [-0.05, 0) is 54.6 Å². The lowest BCUT2D eigenvalue weighted by molar-refractivity contribution is 0.0544. The van der Waals surface area contributed by atoms with Gasteiger partial charge in [0.25, 0.3) is 5.91 Å². The molecule has 1 aromatic rings. The van der Waals surface area contributed by atoms with Gasteiger partial charge in [-0.3, -0.25) is 4.79 Å². The first-order valence-electron chi connectivity index (χ1n) is 5.88. The van der Waals surface area contributed by atoms with Crippen molar-refractivity contribution >= 4 is 28.5 Å². The number of piperazine rings is 1. The third kappa shape index (κ3) is 2.80. The lowest BCUT2D eigenvalue weighted by Gasteiger charge is -2.39. The van der Waals surface area contributed by atoms with Crippen LogP contribution in [0.25, 0.3) is 0 Å². The van der Waals surface area contributed by atoms with E-state index in [1.165, 1.54) is 0 Å². The number of hydrogen-bond acceptors (Lipinski definition) is 2. The molecule has 4 heteroatoms. The van der Waals surface area contributed by atoms with Gasteiger partial charge < -0.3 is 10.2 Å². The summed E-state index contributed by atoms with van der Waals surface area (Å²) in [7, 11) is 0. The number of nitrogens with one attached hydrogen (secondary N) is 1. The summed E-state index contributed by atoms with van der Waals surface area (Å²) in [4.78, 5) is 14.5. The van der Waals surface area contributed by atoms with Gasteiger partial charge in [0.15, 0.2) is 0 Å². The average Bonchev–Trinajstić information content (AvgIpc) is 2.28. The van der Waals surface area contributed by atoms with Crippen LogP contribution in [-0.2, 0) is 0 Å². The van der Waals surface area contributed by atoms with Crippen LogP contribution in [-0.4, -0.2) is 36.0 Å². The van der Waals surface area contributed by atoms with Gasteiger partial charge in [0, 0.05) is 34.3 Å². The largest absolute Gasteiger partial charge is 0.331 e. The molecular formula is C13H17IN2O. The molecule has 2 rings (SSSR count). The Morgan fingerprint density at radius 3 is 2.59 bits per heavy atom. The van der Waals surface area contributed by atoms with E-state index in [0.717, 1.165) is 22.2 Å². The van der Waals surface area contributed by atoms with Crippen LogP contribution in [0.5, 0.6) is 0 Å². The third-order valence-electron chi connectivity index (χ3n) is 3.14. The first kappa shape index (κ1) is 12.8. The Morgan fingerprint density at radius 1 is 1.35 bits per heavy atom. The highest BCUT2D eigenvalue weighted by Gasteiger charge is 2.29. The zero-order chi connectivity index (χ0) is 12.4. The van der Waals surface area contributed by atoms with Gasteiger partial charge in [-0.15, -0.1) is 0 Å². The fourth-order valence-corrected chi connectivity index (χ4v) is 2.85. The molecule has 0 spiro atoms. The van der Waals surface area contributed by atoms with Crippen LogP contribution in [0.4, 0.5) is 0 Å². The number of hydrogen-bond donors (Lipinski definition) is 1. The molecule has 0 aromatic heterocycles. The molecule has 1 aromatic carbocycles. The molecule has 2 unspecified atom stereocenters. The van der Waals surface area contributed by atoms with Crippen LogP contribution in [0.2, 0.25) is 0 Å². The summed E-state index contributed by atoms with van der Waals surface area (Å²) < 4.78 is 1.10. The first-order valence-corrected chi connectivity index (χ1v) is 6.96. The van der Waals surface area contributed by atoms with Crippen molar-refractivity contribution in [3.8, 4) is 0 Å². The molecule has 1 amide bonds. The fraction of sp³-hybridized carbons (Fsp3) is 0.462. The molecule has 1 heterocycles. The maximum atomic E-state index is 12.5. The summed E-state index contributed by atoms with van der Waals surface area (Å²) in [6.45, 7) is 5.93. The highest BCUT2D eigenvalue weighted by molar-refractivity contribution is 14.1. The lowest BCUT2D eigenvalue weighted by Crippen LogP contribution is -2.57. The van der Waals surface area contributed by atoms with Gasteiger partial charge in [-0.1, -0.05) is 6.07 Å². The van der Waals surface area contributed by atoms with E-state index >= 15 is 0 Å². The van der Waals surface area contributed by atoms with E-state index in [4.69, 9.17) is 0 Å². The van der Waals surface area contributed by atoms with E-state index in [-0.39, 0.29) is 18.0 Å². The Balaban J connectivity index is 2.24. The van der Waals surface area contributed by atoms with Crippen molar-refractivity contribution in [2.24, 2.45) is 0 Å². The van der Waals surface area contributed by atoms with Gasteiger partial charge in [0.2, 0.25) is 0 Å². The normalized spacial score (nSPS) is 24.8. The molecule has 1 fully saturated rings. The highest BCUT2D eigenvalue weighted by Crippen LogP contribution is 2.16. The van der Waals surface area contributed by atoms with Crippen molar-refractivity contribution in [3.63, 3.8) is 0 Å². The monoisotopic (exact) mass is 344 g/mol. The molecule has 0 aliphatic carbocycles. The number of nitrogens with zero attached hydrogens (tertiary/aromatic N) is 1. The Labute approximate surface area is 116 Å². The number of rotatable bonds is 1. The minimum absolute atomic E-state index is 0.144. The zero-order valence-corrected chi connectivity index (χ0v) is 12.3. The molecule has 0 saturated carbocycles. The molecule has 1 saturated heterocycles. The number of benzene rings is 1. The second-order valence-corrected chi connectivity index (χ2v) is 5.82. The van der Waals surface area contributed by atoms with Crippen LogP contribution in [0.3, 0.4) is 0 Å². The number of halogens is 1. The van der Waals surface area contributed by atoms with E-state index in [9.17, 15) is 4.79 Å². The SMILES string of the molecule is CC1CNCC(C)N1C(=O)c1cccc(I)c1. The van der Waals surface area contributed by atoms with Crippen LogP contribution < -0.4 is 5.32 Å². The Bertz CT molecular complexity index is 412. The van der Waals surface area contributed by atoms with Crippen molar-refractivity contribution in [1.82, 2.24) is 10.2 Å². The molecular weight excluding hydrogens is 327 g/mol. The van der Waals surface area contributed by atoms with E-state index in [0.29, 0.717) is 0 Å². The van der Waals surface area contributed by atoms with Crippen molar-refractivity contribution < 1.29 is 4.79 Å². The van der Waals surface area contributed by atoms with Crippen LogP contribution in [0.15, 0.2) is 24.3 Å². The van der Waals surface area contributed by atoms with Gasteiger partial charge in [0.05, 0.1) is 0 Å². The van der Waals surface area contributed by atoms with Crippen molar-refractivity contribution in [2.45, 2.75) is 25.9 Å². The third-order valence-corrected chi connectivity index (χ3v) is 3.81. The van der Waals surface area contributed by atoms with Crippen LogP contribution in [0, 0.1) is 3.57 Å². The van der Waals surface area contributed by atoms with Crippen molar-refractivity contribution in [3.05, 3.63) is 33.4 Å². The summed E-state index contributed by atoms with van der Waals surface area (Å²) in [5, 5.41) is 3.34. The Morgan fingerprint density at radius 2 is 2.00 bits per heavy atom. The minimum Gasteiger partial charge on any atom is -0.331 e. The minimum atomic E-state index is 0.144. The Hall–Kier alpha value is -0.620. The van der Waals surface area contributed by atoms with Gasteiger partial charge in [-0.25, -0.2) is 0 Å². The lowest BCUT2D eigenvalue weighted by atomic mass is 10.1. The maximum absolute atomic E-state index is 12.5. The molecule has 1 aliphatic heterocycles. The summed E-state index contributed by atoms with van der Waals surface area (Å²) in [5.74, 6) is 0.144. The van der Waals surface area contributed by atoms with Gasteiger partial charge >= 0.3 is 0 Å². The summed E-state index contributed by atoms with van der Waals surface area (Å²) in [5.41, 5.74) is 0.789. The van der Waals surface area contributed by atoms with Crippen molar-refractivity contribution in [2.75, 3.05) is 13.1 Å². The van der Waals surface area contributed by atoms with E-state index in [1.807, 2.05) is 29.2 Å². The van der Waals surface area contributed by atoms with E-state index in [2.05, 4.69) is 41.8 Å². The van der Waals surface area contributed by atoms with Gasteiger partial charge in [-0.2, -0.15) is 0 Å². The molecule has 17 heavy (non-hydrogen) atoms. The number of carbonyl (C=O) groups excluding carboxylic acids is 1. The van der Waals surface area contributed by atoms with Crippen LogP contribution >= 0.6 is 22.6 Å². The second-order valence-electron chi connectivity index (χ2n) is 4.58. The smallest absolute Gasteiger partial charge is 0.254 e. The molecule has 1 N–H and O–H groups in total. The standard InChI is InChI=1S/C13H17IN2O/c1-9-7-15-8-10(2)16(9)13(17)11-4-3-5-12(14)6-11/h3-6,9-10,15H,7-8H2,1-2H3. The maximum Gasteiger partial charge on any atom is 0.254 e. The molecule has 2 atom stereocenters. The number of amides is 1. The Kier molecular flexibility index (Phi) is 4.04. The topological polar surface area (TPSA) is 32.3 Å². The fourth-order valence-electron chi connectivity index (χ4n) is 2.30. The molecule has 1 aliphatic rings. The molecule has 3 nitrogen and oxygen atoms in total. The predicted octanol–water partition coefficient (Wildman–Crippen LogP) is 2.11. The van der Waals surface area contributed by atoms with E-state index in [1.54, 1.807) is 0 Å². The summed E-state index contributed by atoms with van der Waals surface area (Å²) in [6, 6.07) is 8.29. The number of carbonyl (C=O) groups is 1. The summed E-state index contributed by atoms with van der Waals surface area (Å²) >= 11 is 2.24.